The molecule has 4 rings (SSSR count). The van der Waals surface area contributed by atoms with E-state index >= 15 is 0 Å². The van der Waals surface area contributed by atoms with Crippen LogP contribution in [0.25, 0.3) is 0 Å². The Morgan fingerprint density at radius 2 is 2.19 bits per heavy atom. The lowest BCUT2D eigenvalue weighted by Gasteiger charge is -2.24. The van der Waals surface area contributed by atoms with Crippen molar-refractivity contribution in [3.63, 3.8) is 0 Å². The second-order valence-electron chi connectivity index (χ2n) is 6.39. The Labute approximate surface area is 159 Å². The first-order valence-corrected chi connectivity index (χ1v) is 9.55. The zero-order chi connectivity index (χ0) is 18.3. The number of hydrogen-bond acceptors (Lipinski definition) is 4. The summed E-state index contributed by atoms with van der Waals surface area (Å²) >= 11 is 7.64. The molecule has 0 saturated carbocycles. The fourth-order valence-electron chi connectivity index (χ4n) is 3.72. The molecular weight excluding hydrogens is 376 g/mol. The van der Waals surface area contributed by atoms with Gasteiger partial charge in [-0.3, -0.25) is 5.32 Å². The van der Waals surface area contributed by atoms with Crippen LogP contribution in [0, 0.1) is 0 Å². The van der Waals surface area contributed by atoms with Crippen molar-refractivity contribution in [2.24, 2.45) is 0 Å². The maximum Gasteiger partial charge on any atom is 0.407 e. The molecule has 3 amide bonds. The van der Waals surface area contributed by atoms with Gasteiger partial charge in [-0.15, -0.1) is 11.3 Å². The summed E-state index contributed by atoms with van der Waals surface area (Å²) in [5, 5.41) is 15.2. The predicted octanol–water partition coefficient (Wildman–Crippen LogP) is 4.16. The van der Waals surface area contributed by atoms with Crippen molar-refractivity contribution in [2.75, 3.05) is 11.9 Å². The molecule has 7 nitrogen and oxygen atoms in total. The number of fused-ring (bicyclic) bond motifs is 1. The first-order valence-electron chi connectivity index (χ1n) is 8.29. The SMILES string of the molecule is O=C(Nc1nccs1)N1Cc2cc(Cl)cc(C3CCCN3C(=O)O)c2C1. The van der Waals surface area contributed by atoms with Crippen molar-refractivity contribution in [1.82, 2.24) is 14.8 Å². The summed E-state index contributed by atoms with van der Waals surface area (Å²) in [6.07, 6.45) is 2.31. The van der Waals surface area contributed by atoms with E-state index in [9.17, 15) is 14.7 Å². The number of rotatable bonds is 2. The van der Waals surface area contributed by atoms with E-state index in [4.69, 9.17) is 11.6 Å². The number of benzene rings is 1. The molecule has 136 valence electrons. The van der Waals surface area contributed by atoms with Crippen molar-refractivity contribution in [2.45, 2.75) is 32.0 Å². The molecule has 2 aliphatic heterocycles. The Morgan fingerprint density at radius 3 is 2.92 bits per heavy atom. The van der Waals surface area contributed by atoms with Crippen LogP contribution in [-0.4, -0.2) is 38.6 Å². The van der Waals surface area contributed by atoms with Crippen LogP contribution in [0.3, 0.4) is 0 Å². The number of thiazole rings is 1. The summed E-state index contributed by atoms with van der Waals surface area (Å²) in [4.78, 5) is 31.3. The minimum absolute atomic E-state index is 0.207. The zero-order valence-corrected chi connectivity index (χ0v) is 15.4. The van der Waals surface area contributed by atoms with Crippen LogP contribution in [-0.2, 0) is 13.1 Å². The summed E-state index contributed by atoms with van der Waals surface area (Å²) in [6.45, 7) is 1.40. The predicted molar refractivity (Wildman–Crippen MR) is 98.5 cm³/mol. The zero-order valence-electron chi connectivity index (χ0n) is 13.8. The van der Waals surface area contributed by atoms with Gasteiger partial charge in [0.1, 0.15) is 0 Å². The fourth-order valence-corrected chi connectivity index (χ4v) is 4.49. The van der Waals surface area contributed by atoms with Crippen LogP contribution >= 0.6 is 22.9 Å². The van der Waals surface area contributed by atoms with Crippen LogP contribution in [0.5, 0.6) is 0 Å². The number of carboxylic acid groups (broad SMARTS) is 1. The van der Waals surface area contributed by atoms with Crippen LogP contribution in [0.4, 0.5) is 14.7 Å². The fraction of sp³-hybridized carbons (Fsp3) is 0.353. The third-order valence-corrected chi connectivity index (χ3v) is 5.75. The second-order valence-corrected chi connectivity index (χ2v) is 7.72. The number of halogens is 1. The van der Waals surface area contributed by atoms with Crippen molar-refractivity contribution >= 4 is 40.2 Å². The first-order chi connectivity index (χ1) is 12.5. The lowest BCUT2D eigenvalue weighted by Crippen LogP contribution is -2.31. The van der Waals surface area contributed by atoms with Gasteiger partial charge in [0.2, 0.25) is 0 Å². The molecule has 1 aromatic heterocycles. The minimum atomic E-state index is -0.919. The van der Waals surface area contributed by atoms with Gasteiger partial charge in [-0.2, -0.15) is 0 Å². The number of carbonyl (C=O) groups excluding carboxylic acids is 1. The highest BCUT2D eigenvalue weighted by atomic mass is 35.5. The van der Waals surface area contributed by atoms with Gasteiger partial charge in [0, 0.05) is 36.2 Å². The normalized spacial score (nSPS) is 18.9. The number of likely N-dealkylation sites (tertiary alicyclic amines) is 1. The highest BCUT2D eigenvalue weighted by Crippen LogP contribution is 2.39. The molecule has 0 radical (unpaired) electrons. The second kappa shape index (κ2) is 6.77. The Hall–Kier alpha value is -2.32. The molecule has 2 aromatic rings. The molecule has 2 N–H and O–H groups in total. The van der Waals surface area contributed by atoms with E-state index in [1.165, 1.54) is 16.2 Å². The maximum atomic E-state index is 12.5. The van der Waals surface area contributed by atoms with Crippen LogP contribution in [0.15, 0.2) is 23.7 Å². The number of amides is 3. The van der Waals surface area contributed by atoms with Gasteiger partial charge in [0.05, 0.1) is 6.04 Å². The third kappa shape index (κ3) is 3.10. The number of hydrogen-bond donors (Lipinski definition) is 2. The molecule has 2 aliphatic rings. The third-order valence-electron chi connectivity index (χ3n) is 4.84. The van der Waals surface area contributed by atoms with E-state index in [0.29, 0.717) is 29.8 Å². The highest BCUT2D eigenvalue weighted by molar-refractivity contribution is 7.13. The van der Waals surface area contributed by atoms with Crippen molar-refractivity contribution in [3.8, 4) is 0 Å². The van der Waals surface area contributed by atoms with Gasteiger partial charge in [0.25, 0.3) is 0 Å². The summed E-state index contributed by atoms with van der Waals surface area (Å²) in [6, 6.07) is 3.27. The molecule has 0 aliphatic carbocycles. The smallest absolute Gasteiger partial charge is 0.407 e. The van der Waals surface area contributed by atoms with Crippen LogP contribution in [0.2, 0.25) is 5.02 Å². The monoisotopic (exact) mass is 392 g/mol. The molecular formula is C17H17ClN4O3S. The minimum Gasteiger partial charge on any atom is -0.465 e. The van der Waals surface area contributed by atoms with Crippen molar-refractivity contribution in [3.05, 3.63) is 45.4 Å². The number of nitrogens with zero attached hydrogens (tertiary/aromatic N) is 3. The van der Waals surface area contributed by atoms with Gasteiger partial charge >= 0.3 is 12.1 Å². The maximum absolute atomic E-state index is 12.5. The number of urea groups is 1. The molecule has 3 heterocycles. The van der Waals surface area contributed by atoms with Crippen molar-refractivity contribution in [1.29, 1.82) is 0 Å². The van der Waals surface area contributed by atoms with Crippen LogP contribution < -0.4 is 5.32 Å². The van der Waals surface area contributed by atoms with Gasteiger partial charge in [-0.25, -0.2) is 14.6 Å². The Kier molecular flexibility index (Phi) is 4.46. The summed E-state index contributed by atoms with van der Waals surface area (Å²) in [5.74, 6) is 0. The van der Waals surface area contributed by atoms with E-state index in [1.807, 2.05) is 12.1 Å². The summed E-state index contributed by atoms with van der Waals surface area (Å²) < 4.78 is 0. The molecule has 1 fully saturated rings. The number of carbonyl (C=O) groups is 2. The quantitative estimate of drug-likeness (QED) is 0.803. The Bertz CT molecular complexity index is 858. The van der Waals surface area contributed by atoms with Crippen molar-refractivity contribution < 1.29 is 14.7 Å². The molecule has 0 spiro atoms. The van der Waals surface area contributed by atoms with Gasteiger partial charge in [-0.1, -0.05) is 11.6 Å². The standard InChI is InChI=1S/C17H17ClN4O3S/c18-11-6-10-8-21(16(23)20-15-19-3-5-26-15)9-13(10)12(7-11)14-2-1-4-22(14)17(24)25/h3,5-7,14H,1-2,4,8-9H2,(H,24,25)(H,19,20,23). The average molecular weight is 393 g/mol. The largest absolute Gasteiger partial charge is 0.465 e. The molecule has 1 atom stereocenters. The summed E-state index contributed by atoms with van der Waals surface area (Å²) in [5.41, 5.74) is 2.89. The first kappa shape index (κ1) is 17.1. The molecule has 26 heavy (non-hydrogen) atoms. The highest BCUT2D eigenvalue weighted by Gasteiger charge is 2.35. The van der Waals surface area contributed by atoms with E-state index < -0.39 is 6.09 Å². The molecule has 1 saturated heterocycles. The summed E-state index contributed by atoms with van der Waals surface area (Å²) in [7, 11) is 0. The molecule has 0 bridgehead atoms. The van der Waals surface area contributed by atoms with Gasteiger partial charge in [0.15, 0.2) is 5.13 Å². The lowest BCUT2D eigenvalue weighted by atomic mass is 9.96. The van der Waals surface area contributed by atoms with E-state index in [1.54, 1.807) is 16.5 Å². The number of nitrogens with one attached hydrogen (secondary N) is 1. The number of aromatic nitrogens is 1. The topological polar surface area (TPSA) is 85.8 Å². The molecule has 1 aromatic carbocycles. The molecule has 9 heteroatoms. The molecule has 1 unspecified atom stereocenters. The number of anilines is 1. The Balaban J connectivity index is 1.60. The van der Waals surface area contributed by atoms with Crippen LogP contribution in [0.1, 0.15) is 35.6 Å². The Morgan fingerprint density at radius 1 is 1.35 bits per heavy atom. The lowest BCUT2D eigenvalue weighted by molar-refractivity contribution is 0.140. The van der Waals surface area contributed by atoms with Gasteiger partial charge in [-0.05, 0) is 41.7 Å². The van der Waals surface area contributed by atoms with Gasteiger partial charge < -0.3 is 14.9 Å². The van der Waals surface area contributed by atoms with E-state index in [0.717, 1.165) is 29.5 Å². The van der Waals surface area contributed by atoms with E-state index in [-0.39, 0.29) is 12.1 Å². The average Bonchev–Trinajstić information content (AvgIpc) is 3.33. The van der Waals surface area contributed by atoms with E-state index in [2.05, 4.69) is 10.3 Å².